The summed E-state index contributed by atoms with van der Waals surface area (Å²) in [6, 6.07) is -0.0746. The van der Waals surface area contributed by atoms with Crippen molar-refractivity contribution in [3.8, 4) is 0 Å². The third kappa shape index (κ3) is 5.24. The van der Waals surface area contributed by atoms with E-state index in [0.29, 0.717) is 12.0 Å². The van der Waals surface area contributed by atoms with E-state index >= 15 is 0 Å². The minimum Gasteiger partial charge on any atom is -0.381 e. The Morgan fingerprint density at radius 2 is 1.86 bits per heavy atom. The molecule has 0 saturated carbocycles. The van der Waals surface area contributed by atoms with E-state index in [9.17, 15) is 4.79 Å². The number of nitrogens with zero attached hydrogens (tertiary/aromatic N) is 1. The summed E-state index contributed by atoms with van der Waals surface area (Å²) >= 11 is 0. The Labute approximate surface area is 128 Å². The summed E-state index contributed by atoms with van der Waals surface area (Å²) < 4.78 is 5.33. The summed E-state index contributed by atoms with van der Waals surface area (Å²) in [5.74, 6) is 1.02. The van der Waals surface area contributed by atoms with Crippen molar-refractivity contribution in [3.05, 3.63) is 0 Å². The van der Waals surface area contributed by atoms with Gasteiger partial charge >= 0.3 is 0 Å². The molecule has 2 aliphatic heterocycles. The Morgan fingerprint density at radius 3 is 2.43 bits per heavy atom. The molecule has 2 heterocycles. The lowest BCUT2D eigenvalue weighted by molar-refractivity contribution is -0.125. The van der Waals surface area contributed by atoms with Crippen molar-refractivity contribution < 1.29 is 9.53 Å². The summed E-state index contributed by atoms with van der Waals surface area (Å²) in [7, 11) is 0. The first-order valence-electron chi connectivity index (χ1n) is 8.42. The number of amides is 1. The Balaban J connectivity index is 1.71. The Morgan fingerprint density at radius 1 is 1.24 bits per heavy atom. The predicted molar refractivity (Wildman–Crippen MR) is 84.0 cm³/mol. The van der Waals surface area contributed by atoms with Crippen LogP contribution in [-0.2, 0) is 9.53 Å². The van der Waals surface area contributed by atoms with E-state index in [1.165, 1.54) is 0 Å². The van der Waals surface area contributed by atoms with Crippen LogP contribution in [0.15, 0.2) is 0 Å². The highest BCUT2D eigenvalue weighted by Crippen LogP contribution is 2.18. The molecule has 1 amide bonds. The maximum Gasteiger partial charge on any atom is 0.237 e. The van der Waals surface area contributed by atoms with Crippen molar-refractivity contribution in [1.29, 1.82) is 0 Å². The molecular formula is C16H31N3O2. The summed E-state index contributed by atoms with van der Waals surface area (Å²) in [6.07, 6.45) is 3.89. The molecule has 5 nitrogen and oxygen atoms in total. The number of piperidine rings is 1. The van der Waals surface area contributed by atoms with Gasteiger partial charge in [0, 0.05) is 38.9 Å². The fraction of sp³-hybridized carbons (Fsp3) is 0.938. The normalized spacial score (nSPS) is 24.2. The minimum absolute atomic E-state index is 0.0317. The lowest BCUT2D eigenvalue weighted by atomic mass is 9.91. The zero-order valence-electron chi connectivity index (χ0n) is 13.5. The van der Waals surface area contributed by atoms with Crippen molar-refractivity contribution in [3.63, 3.8) is 0 Å². The molecule has 0 aromatic carbocycles. The van der Waals surface area contributed by atoms with Crippen molar-refractivity contribution in [2.24, 2.45) is 17.6 Å². The second-order valence-electron chi connectivity index (χ2n) is 6.95. The van der Waals surface area contributed by atoms with Gasteiger partial charge in [-0.25, -0.2) is 0 Å². The summed E-state index contributed by atoms with van der Waals surface area (Å²) in [5.41, 5.74) is 6.12. The SMILES string of the molecule is CC(C)CN1CCC(NC(=O)C(N)C2CCOCC2)CC1. The number of carbonyl (C=O) groups is 1. The molecule has 2 saturated heterocycles. The maximum atomic E-state index is 12.3. The molecule has 0 spiro atoms. The first kappa shape index (κ1) is 16.7. The van der Waals surface area contributed by atoms with Gasteiger partial charge < -0.3 is 20.7 Å². The number of rotatable bonds is 5. The maximum absolute atomic E-state index is 12.3. The molecule has 21 heavy (non-hydrogen) atoms. The van der Waals surface area contributed by atoms with Crippen LogP contribution in [0.5, 0.6) is 0 Å². The zero-order chi connectivity index (χ0) is 15.2. The fourth-order valence-electron chi connectivity index (χ4n) is 3.36. The van der Waals surface area contributed by atoms with Gasteiger partial charge in [-0.05, 0) is 37.5 Å². The van der Waals surface area contributed by atoms with Gasteiger partial charge in [-0.3, -0.25) is 4.79 Å². The van der Waals surface area contributed by atoms with Crippen LogP contribution in [-0.4, -0.2) is 55.7 Å². The topological polar surface area (TPSA) is 67.6 Å². The molecule has 2 rings (SSSR count). The van der Waals surface area contributed by atoms with Crippen LogP contribution in [0.2, 0.25) is 0 Å². The molecule has 2 aliphatic rings. The average Bonchev–Trinajstić information content (AvgIpc) is 2.49. The molecule has 0 aromatic rings. The molecule has 122 valence electrons. The largest absolute Gasteiger partial charge is 0.381 e. The average molecular weight is 297 g/mol. The molecule has 3 N–H and O–H groups in total. The third-order valence-corrected chi connectivity index (χ3v) is 4.63. The van der Waals surface area contributed by atoms with Crippen molar-refractivity contribution in [1.82, 2.24) is 10.2 Å². The van der Waals surface area contributed by atoms with E-state index in [1.54, 1.807) is 0 Å². The number of likely N-dealkylation sites (tertiary alicyclic amines) is 1. The van der Waals surface area contributed by atoms with E-state index in [-0.39, 0.29) is 17.9 Å². The van der Waals surface area contributed by atoms with Gasteiger partial charge in [0.1, 0.15) is 0 Å². The first-order valence-corrected chi connectivity index (χ1v) is 8.42. The second-order valence-corrected chi connectivity index (χ2v) is 6.95. The van der Waals surface area contributed by atoms with Crippen LogP contribution in [0, 0.1) is 11.8 Å². The Kier molecular flexibility index (Phi) is 6.45. The molecule has 0 aliphatic carbocycles. The Hall–Kier alpha value is -0.650. The smallest absolute Gasteiger partial charge is 0.237 e. The second kappa shape index (κ2) is 8.11. The highest BCUT2D eigenvalue weighted by Gasteiger charge is 2.29. The van der Waals surface area contributed by atoms with Crippen molar-refractivity contribution >= 4 is 5.91 Å². The van der Waals surface area contributed by atoms with Crippen LogP contribution in [0.3, 0.4) is 0 Å². The minimum atomic E-state index is -0.373. The number of hydrogen-bond donors (Lipinski definition) is 2. The monoisotopic (exact) mass is 297 g/mol. The number of ether oxygens (including phenoxy) is 1. The van der Waals surface area contributed by atoms with Crippen LogP contribution in [0.25, 0.3) is 0 Å². The van der Waals surface area contributed by atoms with Crippen LogP contribution < -0.4 is 11.1 Å². The van der Waals surface area contributed by atoms with Gasteiger partial charge in [0.15, 0.2) is 0 Å². The lowest BCUT2D eigenvalue weighted by Crippen LogP contribution is -2.52. The van der Waals surface area contributed by atoms with Gasteiger partial charge in [-0.1, -0.05) is 13.8 Å². The van der Waals surface area contributed by atoms with Gasteiger partial charge in [-0.15, -0.1) is 0 Å². The summed E-state index contributed by atoms with van der Waals surface area (Å²) in [5, 5.41) is 3.16. The number of nitrogens with one attached hydrogen (secondary N) is 1. The van der Waals surface area contributed by atoms with Crippen LogP contribution >= 0.6 is 0 Å². The van der Waals surface area contributed by atoms with Gasteiger partial charge in [0.25, 0.3) is 0 Å². The predicted octanol–water partition coefficient (Wildman–Crippen LogP) is 0.977. The lowest BCUT2D eigenvalue weighted by Gasteiger charge is -2.34. The highest BCUT2D eigenvalue weighted by molar-refractivity contribution is 5.82. The molecule has 2 fully saturated rings. The number of hydrogen-bond acceptors (Lipinski definition) is 4. The molecular weight excluding hydrogens is 266 g/mol. The van der Waals surface area contributed by atoms with E-state index in [1.807, 2.05) is 0 Å². The van der Waals surface area contributed by atoms with Gasteiger partial charge in [0.2, 0.25) is 5.91 Å². The molecule has 0 radical (unpaired) electrons. The van der Waals surface area contributed by atoms with Crippen molar-refractivity contribution in [2.45, 2.75) is 51.6 Å². The van der Waals surface area contributed by atoms with E-state index in [0.717, 1.165) is 58.5 Å². The quantitative estimate of drug-likeness (QED) is 0.794. The van der Waals surface area contributed by atoms with E-state index < -0.39 is 0 Å². The molecule has 0 bridgehead atoms. The molecule has 5 heteroatoms. The molecule has 0 aromatic heterocycles. The summed E-state index contributed by atoms with van der Waals surface area (Å²) in [6.45, 7) is 9.29. The van der Waals surface area contributed by atoms with Crippen LogP contribution in [0.4, 0.5) is 0 Å². The third-order valence-electron chi connectivity index (χ3n) is 4.63. The van der Waals surface area contributed by atoms with Gasteiger partial charge in [0.05, 0.1) is 6.04 Å². The van der Waals surface area contributed by atoms with Crippen molar-refractivity contribution in [2.75, 3.05) is 32.8 Å². The van der Waals surface area contributed by atoms with E-state index in [2.05, 4.69) is 24.1 Å². The fourth-order valence-corrected chi connectivity index (χ4v) is 3.36. The molecule has 1 atom stereocenters. The summed E-state index contributed by atoms with van der Waals surface area (Å²) in [4.78, 5) is 14.8. The molecule has 1 unspecified atom stereocenters. The first-order chi connectivity index (χ1) is 10.1. The Bertz CT molecular complexity index is 321. The number of carbonyl (C=O) groups excluding carboxylic acids is 1. The number of nitrogens with two attached hydrogens (primary N) is 1. The highest BCUT2D eigenvalue weighted by atomic mass is 16.5. The zero-order valence-corrected chi connectivity index (χ0v) is 13.5. The van der Waals surface area contributed by atoms with Crippen LogP contribution in [0.1, 0.15) is 39.5 Å². The standard InChI is InChI=1S/C16H31N3O2/c1-12(2)11-19-7-3-14(4-8-19)18-16(20)15(17)13-5-9-21-10-6-13/h12-15H,3-11,17H2,1-2H3,(H,18,20). The van der Waals surface area contributed by atoms with E-state index in [4.69, 9.17) is 10.5 Å². The van der Waals surface area contributed by atoms with Gasteiger partial charge in [-0.2, -0.15) is 0 Å².